The van der Waals surface area contributed by atoms with Gasteiger partial charge < -0.3 is 30.2 Å². The Morgan fingerprint density at radius 2 is 1.74 bits per heavy atom. The minimum atomic E-state index is -0.601. The lowest BCUT2D eigenvalue weighted by Gasteiger charge is -2.19. The number of fused-ring (bicyclic) bond motifs is 1. The molecule has 4 aromatic rings. The highest BCUT2D eigenvalue weighted by atomic mass is 16.5. The largest absolute Gasteiger partial charge is 0.497 e. The van der Waals surface area contributed by atoms with Crippen LogP contribution in [0.3, 0.4) is 0 Å². The first-order valence-electron chi connectivity index (χ1n) is 11.1. The molecule has 1 heterocycles. The van der Waals surface area contributed by atoms with Crippen LogP contribution in [0.25, 0.3) is 10.9 Å². The van der Waals surface area contributed by atoms with Crippen molar-refractivity contribution in [2.45, 2.75) is 5.92 Å². The monoisotopic (exact) mass is 473 g/mol. The molecule has 3 aromatic carbocycles. The Morgan fingerprint density at radius 3 is 2.46 bits per heavy atom. The number of nitrogens with one attached hydrogen (secondary N) is 2. The molecule has 35 heavy (non-hydrogen) atoms. The number of hydrogen-bond acceptors (Lipinski definition) is 5. The van der Waals surface area contributed by atoms with Crippen LogP contribution in [0.2, 0.25) is 0 Å². The molecule has 0 radical (unpaired) electrons. The second-order valence-corrected chi connectivity index (χ2v) is 7.95. The highest BCUT2D eigenvalue weighted by Crippen LogP contribution is 2.32. The first-order chi connectivity index (χ1) is 17.0. The molecule has 0 saturated heterocycles. The van der Waals surface area contributed by atoms with Crippen LogP contribution >= 0.6 is 0 Å². The molecule has 0 spiro atoms. The van der Waals surface area contributed by atoms with Gasteiger partial charge in [-0.25, -0.2) is 0 Å². The number of H-pyrrole nitrogens is 1. The van der Waals surface area contributed by atoms with Gasteiger partial charge in [-0.3, -0.25) is 9.59 Å². The van der Waals surface area contributed by atoms with E-state index in [2.05, 4.69) is 16.4 Å². The van der Waals surface area contributed by atoms with Crippen molar-refractivity contribution in [3.63, 3.8) is 0 Å². The summed E-state index contributed by atoms with van der Waals surface area (Å²) in [6.45, 7) is 0.0886. The molecule has 8 nitrogen and oxygen atoms in total. The molecule has 0 saturated carbocycles. The SMILES string of the molecule is COc1ccc([C@@H](CNC(=O)c2ccc(OCC(N)=O)c(OC)c2)c2c[nH]c3ccccc23)cc1. The van der Waals surface area contributed by atoms with Crippen molar-refractivity contribution in [3.05, 3.63) is 89.6 Å². The van der Waals surface area contributed by atoms with Crippen LogP contribution in [0.4, 0.5) is 0 Å². The molecule has 1 aromatic heterocycles. The lowest BCUT2D eigenvalue weighted by molar-refractivity contribution is -0.119. The maximum atomic E-state index is 13.1. The highest BCUT2D eigenvalue weighted by molar-refractivity contribution is 5.95. The van der Waals surface area contributed by atoms with Gasteiger partial charge in [0.25, 0.3) is 11.8 Å². The third-order valence-corrected chi connectivity index (χ3v) is 5.78. The lowest BCUT2D eigenvalue weighted by atomic mass is 9.90. The number of benzene rings is 3. The van der Waals surface area contributed by atoms with Gasteiger partial charge in [-0.15, -0.1) is 0 Å². The Kier molecular flexibility index (Phi) is 7.21. The van der Waals surface area contributed by atoms with Gasteiger partial charge >= 0.3 is 0 Å². The summed E-state index contributed by atoms with van der Waals surface area (Å²) in [5, 5.41) is 4.14. The number of hydrogen-bond donors (Lipinski definition) is 3. The number of methoxy groups -OCH3 is 2. The van der Waals surface area contributed by atoms with Crippen molar-refractivity contribution in [1.82, 2.24) is 10.3 Å². The summed E-state index contributed by atoms with van der Waals surface area (Å²) in [5.41, 5.74) is 8.70. The fourth-order valence-corrected chi connectivity index (χ4v) is 4.00. The zero-order valence-corrected chi connectivity index (χ0v) is 19.5. The van der Waals surface area contributed by atoms with Gasteiger partial charge in [0.1, 0.15) is 5.75 Å². The molecule has 0 fully saturated rings. The Balaban J connectivity index is 1.58. The van der Waals surface area contributed by atoms with Crippen molar-refractivity contribution in [1.29, 1.82) is 0 Å². The molecule has 2 amide bonds. The standard InChI is InChI=1S/C27H27N3O5/c1-33-19-10-7-17(8-11-19)21(22-15-29-23-6-4-3-5-20(22)23)14-30-27(32)18-9-12-24(25(13-18)34-2)35-16-26(28)31/h3-13,15,21,29H,14,16H2,1-2H3,(H2,28,31)(H,30,32)/t21-/m1/s1. The zero-order valence-electron chi connectivity index (χ0n) is 19.5. The van der Waals surface area contributed by atoms with E-state index in [1.807, 2.05) is 48.7 Å². The van der Waals surface area contributed by atoms with Crippen LogP contribution in [0, 0.1) is 0 Å². The topological polar surface area (TPSA) is 116 Å². The van der Waals surface area contributed by atoms with E-state index in [4.69, 9.17) is 19.9 Å². The van der Waals surface area contributed by atoms with Crippen LogP contribution in [-0.2, 0) is 4.79 Å². The van der Waals surface area contributed by atoms with Gasteiger partial charge in [-0.1, -0.05) is 30.3 Å². The molecule has 0 unspecified atom stereocenters. The number of ether oxygens (including phenoxy) is 3. The number of aromatic nitrogens is 1. The summed E-state index contributed by atoms with van der Waals surface area (Å²) in [7, 11) is 3.09. The average Bonchev–Trinajstić information content (AvgIpc) is 3.31. The maximum Gasteiger partial charge on any atom is 0.255 e. The molecular weight excluding hydrogens is 446 g/mol. The number of nitrogens with two attached hydrogens (primary N) is 1. The van der Waals surface area contributed by atoms with E-state index in [0.29, 0.717) is 23.6 Å². The van der Waals surface area contributed by atoms with Crippen molar-refractivity contribution < 1.29 is 23.8 Å². The molecule has 1 atom stereocenters. The lowest BCUT2D eigenvalue weighted by Crippen LogP contribution is -2.29. The van der Waals surface area contributed by atoms with E-state index in [1.54, 1.807) is 25.3 Å². The van der Waals surface area contributed by atoms with E-state index in [1.165, 1.54) is 7.11 Å². The third-order valence-electron chi connectivity index (χ3n) is 5.78. The average molecular weight is 474 g/mol. The Bertz CT molecular complexity index is 1330. The third kappa shape index (κ3) is 5.38. The minimum absolute atomic E-state index is 0.0962. The Labute approximate surface area is 203 Å². The summed E-state index contributed by atoms with van der Waals surface area (Å²) in [4.78, 5) is 27.4. The van der Waals surface area contributed by atoms with Gasteiger partial charge in [0.2, 0.25) is 0 Å². The Morgan fingerprint density at radius 1 is 0.971 bits per heavy atom. The van der Waals surface area contributed by atoms with E-state index in [-0.39, 0.29) is 18.4 Å². The molecule has 4 N–H and O–H groups in total. The second-order valence-electron chi connectivity index (χ2n) is 7.95. The summed E-state index contributed by atoms with van der Waals surface area (Å²) >= 11 is 0. The van der Waals surface area contributed by atoms with Crippen molar-refractivity contribution >= 4 is 22.7 Å². The van der Waals surface area contributed by atoms with Crippen molar-refractivity contribution in [2.24, 2.45) is 5.73 Å². The predicted molar refractivity (Wildman–Crippen MR) is 133 cm³/mol. The number of carbonyl (C=O) groups is 2. The van der Waals surface area contributed by atoms with E-state index >= 15 is 0 Å². The second kappa shape index (κ2) is 10.6. The van der Waals surface area contributed by atoms with Crippen LogP contribution in [0.1, 0.15) is 27.4 Å². The van der Waals surface area contributed by atoms with Crippen LogP contribution in [-0.4, -0.2) is 44.2 Å². The van der Waals surface area contributed by atoms with Gasteiger partial charge in [-0.05, 0) is 47.5 Å². The molecule has 0 aliphatic carbocycles. The summed E-state index contributed by atoms with van der Waals surface area (Å²) in [5.74, 6) is 0.473. The van der Waals surface area contributed by atoms with E-state index < -0.39 is 5.91 Å². The molecule has 8 heteroatoms. The van der Waals surface area contributed by atoms with Gasteiger partial charge in [0.05, 0.1) is 14.2 Å². The number of amides is 2. The fraction of sp³-hybridized carbons (Fsp3) is 0.185. The molecule has 0 aliphatic rings. The van der Waals surface area contributed by atoms with Crippen LogP contribution in [0.15, 0.2) is 72.9 Å². The first kappa shape index (κ1) is 23.7. The number of primary amides is 1. The first-order valence-corrected chi connectivity index (χ1v) is 11.1. The fourth-order valence-electron chi connectivity index (χ4n) is 4.00. The molecule has 0 aliphatic heterocycles. The van der Waals surface area contributed by atoms with E-state index in [9.17, 15) is 9.59 Å². The van der Waals surface area contributed by atoms with E-state index in [0.717, 1.165) is 27.8 Å². The smallest absolute Gasteiger partial charge is 0.255 e. The maximum absolute atomic E-state index is 13.1. The summed E-state index contributed by atoms with van der Waals surface area (Å²) in [6.07, 6.45) is 1.99. The highest BCUT2D eigenvalue weighted by Gasteiger charge is 2.20. The molecular formula is C27H27N3O5. The van der Waals surface area contributed by atoms with Gasteiger partial charge in [-0.2, -0.15) is 0 Å². The molecule has 4 rings (SSSR count). The summed E-state index contributed by atoms with van der Waals surface area (Å²) < 4.78 is 16.0. The number of carbonyl (C=O) groups excluding carboxylic acids is 2. The quantitative estimate of drug-likeness (QED) is 0.325. The zero-order chi connectivity index (χ0) is 24.8. The van der Waals surface area contributed by atoms with Crippen molar-refractivity contribution in [2.75, 3.05) is 27.4 Å². The molecule has 0 bridgehead atoms. The number of aromatic amines is 1. The van der Waals surface area contributed by atoms with Crippen LogP contribution < -0.4 is 25.3 Å². The number of para-hydroxylation sites is 1. The summed E-state index contributed by atoms with van der Waals surface area (Å²) in [6, 6.07) is 20.7. The molecule has 180 valence electrons. The normalized spacial score (nSPS) is 11.6. The minimum Gasteiger partial charge on any atom is -0.497 e. The predicted octanol–water partition coefficient (Wildman–Crippen LogP) is 3.61. The number of rotatable bonds is 10. The van der Waals surface area contributed by atoms with Gasteiger partial charge in [0, 0.05) is 35.1 Å². The Hall–Kier alpha value is -4.46. The van der Waals surface area contributed by atoms with Gasteiger partial charge in [0.15, 0.2) is 18.1 Å². The van der Waals surface area contributed by atoms with Crippen molar-refractivity contribution in [3.8, 4) is 17.2 Å². The van der Waals surface area contributed by atoms with Crippen LogP contribution in [0.5, 0.6) is 17.2 Å².